The number of hydrogen-bond donors (Lipinski definition) is 1. The van der Waals surface area contributed by atoms with Crippen molar-refractivity contribution in [1.82, 2.24) is 20.5 Å². The number of carbonyl (C=O) groups excluding carboxylic acids is 1. The van der Waals surface area contributed by atoms with Gasteiger partial charge in [0.25, 0.3) is 0 Å². The molecule has 0 aliphatic carbocycles. The summed E-state index contributed by atoms with van der Waals surface area (Å²) < 4.78 is 0. The molecular formula is C22H23N5O. The topological polar surface area (TPSA) is 71.0 Å². The Morgan fingerprint density at radius 3 is 2.50 bits per heavy atom. The highest BCUT2D eigenvalue weighted by molar-refractivity contribution is 5.79. The number of hydrogen-bond acceptors (Lipinski definition) is 5. The molecule has 1 aliphatic rings. The zero-order chi connectivity index (χ0) is 19.2. The number of nitrogens with one attached hydrogen (secondary N) is 1. The summed E-state index contributed by atoms with van der Waals surface area (Å²) in [6.45, 7) is 2.20. The number of rotatable bonds is 5. The number of carbonyl (C=O) groups is 1. The first-order valence-electron chi connectivity index (χ1n) is 9.60. The zero-order valence-corrected chi connectivity index (χ0v) is 15.7. The van der Waals surface area contributed by atoms with Crippen LogP contribution in [-0.2, 0) is 11.3 Å². The van der Waals surface area contributed by atoms with Crippen molar-refractivity contribution in [2.24, 2.45) is 5.92 Å². The third-order valence-corrected chi connectivity index (χ3v) is 5.11. The standard InChI is InChI=1S/C22H23N5O/c28-22(24-15-17-5-2-1-3-6-17)18-10-13-27(14-11-18)21-9-8-20(25-26-21)19-7-4-12-23-16-19/h1-9,12,16,18H,10-11,13-15H2,(H,24,28). The second-order valence-corrected chi connectivity index (χ2v) is 6.98. The van der Waals surface area contributed by atoms with Crippen molar-refractivity contribution in [3.05, 3.63) is 72.6 Å². The van der Waals surface area contributed by atoms with E-state index < -0.39 is 0 Å². The quantitative estimate of drug-likeness (QED) is 0.744. The van der Waals surface area contributed by atoms with E-state index in [1.807, 2.05) is 54.6 Å². The maximum atomic E-state index is 12.5. The van der Waals surface area contributed by atoms with Crippen LogP contribution in [0.5, 0.6) is 0 Å². The Kier molecular flexibility index (Phi) is 5.56. The maximum absolute atomic E-state index is 12.5. The van der Waals surface area contributed by atoms with Crippen LogP contribution in [0.25, 0.3) is 11.3 Å². The average Bonchev–Trinajstić information content (AvgIpc) is 2.79. The second kappa shape index (κ2) is 8.61. The fraction of sp³-hybridized carbons (Fsp3) is 0.273. The van der Waals surface area contributed by atoms with Crippen molar-refractivity contribution >= 4 is 11.7 Å². The lowest BCUT2D eigenvalue weighted by Crippen LogP contribution is -2.40. The van der Waals surface area contributed by atoms with Gasteiger partial charge in [0.1, 0.15) is 0 Å². The molecule has 1 amide bonds. The zero-order valence-electron chi connectivity index (χ0n) is 15.7. The molecule has 0 unspecified atom stereocenters. The van der Waals surface area contributed by atoms with Gasteiger partial charge < -0.3 is 10.2 Å². The summed E-state index contributed by atoms with van der Waals surface area (Å²) in [7, 11) is 0. The molecular weight excluding hydrogens is 350 g/mol. The van der Waals surface area contributed by atoms with Crippen LogP contribution in [0.4, 0.5) is 5.82 Å². The number of nitrogens with zero attached hydrogens (tertiary/aromatic N) is 4. The third-order valence-electron chi connectivity index (χ3n) is 5.11. The number of amides is 1. The molecule has 3 aromatic rings. The summed E-state index contributed by atoms with van der Waals surface area (Å²) in [6.07, 6.45) is 5.17. The van der Waals surface area contributed by atoms with Crippen LogP contribution < -0.4 is 10.2 Å². The molecule has 0 saturated carbocycles. The smallest absolute Gasteiger partial charge is 0.223 e. The largest absolute Gasteiger partial charge is 0.355 e. The van der Waals surface area contributed by atoms with Crippen molar-refractivity contribution in [3.63, 3.8) is 0 Å². The van der Waals surface area contributed by atoms with Crippen LogP contribution in [0.15, 0.2) is 67.0 Å². The molecule has 6 heteroatoms. The minimum atomic E-state index is 0.0580. The molecule has 4 rings (SSSR count). The molecule has 28 heavy (non-hydrogen) atoms. The fourth-order valence-electron chi connectivity index (χ4n) is 3.46. The van der Waals surface area contributed by atoms with E-state index in [1.54, 1.807) is 12.4 Å². The summed E-state index contributed by atoms with van der Waals surface area (Å²) in [6, 6.07) is 17.8. The second-order valence-electron chi connectivity index (χ2n) is 6.98. The van der Waals surface area contributed by atoms with Gasteiger partial charge in [-0.2, -0.15) is 0 Å². The molecule has 6 nitrogen and oxygen atoms in total. The van der Waals surface area contributed by atoms with Gasteiger partial charge >= 0.3 is 0 Å². The van der Waals surface area contributed by atoms with Crippen molar-refractivity contribution in [1.29, 1.82) is 0 Å². The van der Waals surface area contributed by atoms with Gasteiger partial charge in [-0.15, -0.1) is 10.2 Å². The highest BCUT2D eigenvalue weighted by atomic mass is 16.1. The number of aromatic nitrogens is 3. The molecule has 0 bridgehead atoms. The predicted molar refractivity (Wildman–Crippen MR) is 108 cm³/mol. The number of pyridine rings is 1. The van der Waals surface area contributed by atoms with Crippen molar-refractivity contribution in [2.45, 2.75) is 19.4 Å². The van der Waals surface area contributed by atoms with Crippen LogP contribution in [0.1, 0.15) is 18.4 Å². The monoisotopic (exact) mass is 373 g/mol. The molecule has 1 aliphatic heterocycles. The molecule has 1 aromatic carbocycles. The van der Waals surface area contributed by atoms with Gasteiger partial charge in [-0.25, -0.2) is 0 Å². The van der Waals surface area contributed by atoms with E-state index in [0.717, 1.165) is 48.6 Å². The highest BCUT2D eigenvalue weighted by Gasteiger charge is 2.25. The number of anilines is 1. The van der Waals surface area contributed by atoms with Gasteiger partial charge in [0.05, 0.1) is 5.69 Å². The van der Waals surface area contributed by atoms with E-state index in [2.05, 4.69) is 25.4 Å². The molecule has 2 aromatic heterocycles. The Bertz CT molecular complexity index is 891. The van der Waals surface area contributed by atoms with E-state index in [0.29, 0.717) is 6.54 Å². The van der Waals surface area contributed by atoms with Crippen molar-refractivity contribution < 1.29 is 4.79 Å². The summed E-state index contributed by atoms with van der Waals surface area (Å²) in [5.74, 6) is 1.06. The van der Waals surface area contributed by atoms with Gasteiger partial charge in [0.2, 0.25) is 5.91 Å². The SMILES string of the molecule is O=C(NCc1ccccc1)C1CCN(c2ccc(-c3cccnc3)nn2)CC1. The van der Waals surface area contributed by atoms with E-state index >= 15 is 0 Å². The minimum Gasteiger partial charge on any atom is -0.355 e. The number of piperidine rings is 1. The number of benzene rings is 1. The lowest BCUT2D eigenvalue weighted by atomic mass is 9.96. The lowest BCUT2D eigenvalue weighted by Gasteiger charge is -2.31. The average molecular weight is 373 g/mol. The first-order chi connectivity index (χ1) is 13.8. The maximum Gasteiger partial charge on any atom is 0.223 e. The Balaban J connectivity index is 1.29. The predicted octanol–water partition coefficient (Wildman–Crippen LogP) is 3.07. The highest BCUT2D eigenvalue weighted by Crippen LogP contribution is 2.23. The van der Waals surface area contributed by atoms with Crippen LogP contribution in [0.2, 0.25) is 0 Å². The third kappa shape index (κ3) is 4.34. The summed E-state index contributed by atoms with van der Waals surface area (Å²) in [4.78, 5) is 18.8. The normalized spacial score (nSPS) is 14.6. The fourth-order valence-corrected chi connectivity index (χ4v) is 3.46. The van der Waals surface area contributed by atoms with Gasteiger partial charge in [-0.3, -0.25) is 9.78 Å². The van der Waals surface area contributed by atoms with Crippen LogP contribution in [0, 0.1) is 5.92 Å². The Morgan fingerprint density at radius 2 is 1.82 bits per heavy atom. The molecule has 1 N–H and O–H groups in total. The van der Waals surface area contributed by atoms with Crippen molar-refractivity contribution in [2.75, 3.05) is 18.0 Å². The molecule has 0 spiro atoms. The van der Waals surface area contributed by atoms with Crippen LogP contribution in [-0.4, -0.2) is 34.2 Å². The van der Waals surface area contributed by atoms with Crippen molar-refractivity contribution in [3.8, 4) is 11.3 Å². The van der Waals surface area contributed by atoms with Crippen LogP contribution >= 0.6 is 0 Å². The molecule has 1 saturated heterocycles. The summed E-state index contributed by atoms with van der Waals surface area (Å²) in [5, 5.41) is 11.8. The van der Waals surface area contributed by atoms with Gasteiger partial charge in [0, 0.05) is 43.5 Å². The molecule has 3 heterocycles. The lowest BCUT2D eigenvalue weighted by molar-refractivity contribution is -0.125. The Morgan fingerprint density at radius 1 is 1.00 bits per heavy atom. The van der Waals surface area contributed by atoms with Gasteiger partial charge in [-0.1, -0.05) is 30.3 Å². The van der Waals surface area contributed by atoms with E-state index in [4.69, 9.17) is 0 Å². The van der Waals surface area contributed by atoms with Gasteiger partial charge in [0.15, 0.2) is 5.82 Å². The first-order valence-corrected chi connectivity index (χ1v) is 9.60. The van der Waals surface area contributed by atoms with E-state index in [1.165, 1.54) is 0 Å². The molecule has 0 atom stereocenters. The van der Waals surface area contributed by atoms with Gasteiger partial charge in [-0.05, 0) is 42.7 Å². The molecule has 1 fully saturated rings. The molecule has 0 radical (unpaired) electrons. The minimum absolute atomic E-state index is 0.0580. The molecule has 142 valence electrons. The first kappa shape index (κ1) is 18.1. The Labute approximate surface area is 164 Å². The van der Waals surface area contributed by atoms with E-state index in [9.17, 15) is 4.79 Å². The summed E-state index contributed by atoms with van der Waals surface area (Å²) >= 11 is 0. The Hall–Kier alpha value is -3.28. The summed E-state index contributed by atoms with van der Waals surface area (Å²) in [5.41, 5.74) is 2.89. The van der Waals surface area contributed by atoms with E-state index in [-0.39, 0.29) is 11.8 Å². The van der Waals surface area contributed by atoms with Crippen LogP contribution in [0.3, 0.4) is 0 Å².